The molecule has 1 amide bonds. The van der Waals surface area contributed by atoms with Crippen LogP contribution in [0.2, 0.25) is 0 Å². The monoisotopic (exact) mass is 491 g/mol. The van der Waals surface area contributed by atoms with Gasteiger partial charge in [0.2, 0.25) is 0 Å². The van der Waals surface area contributed by atoms with E-state index in [2.05, 4.69) is 20.7 Å². The standard InChI is InChI=1S/C25H22FN5O3S/c1-33-21-13-12-17(14-22(21)34-2)24-29-30-25(31(24)19-9-4-3-5-10-19)35-16-23(32)28-27-15-18-8-6-7-11-20(18)26/h3-15H,16H2,1-2H3,(H,28,32)/b27-15-. The molecule has 0 saturated carbocycles. The van der Waals surface area contributed by atoms with E-state index in [9.17, 15) is 9.18 Å². The number of aromatic nitrogens is 3. The minimum absolute atomic E-state index is 0.0332. The zero-order valence-electron chi connectivity index (χ0n) is 19.0. The van der Waals surface area contributed by atoms with E-state index < -0.39 is 5.82 Å². The predicted octanol–water partition coefficient (Wildman–Crippen LogP) is 4.33. The topological polar surface area (TPSA) is 90.6 Å². The summed E-state index contributed by atoms with van der Waals surface area (Å²) >= 11 is 1.21. The average Bonchev–Trinajstić information content (AvgIpc) is 3.32. The van der Waals surface area contributed by atoms with Gasteiger partial charge in [0.1, 0.15) is 5.82 Å². The van der Waals surface area contributed by atoms with Crippen LogP contribution < -0.4 is 14.9 Å². The summed E-state index contributed by atoms with van der Waals surface area (Å²) in [5.74, 6) is 0.998. The number of carbonyl (C=O) groups is 1. The van der Waals surface area contributed by atoms with Gasteiger partial charge >= 0.3 is 0 Å². The third-order valence-corrected chi connectivity index (χ3v) is 5.85. The molecule has 1 aromatic heterocycles. The van der Waals surface area contributed by atoms with Gasteiger partial charge in [-0.15, -0.1) is 10.2 Å². The Hall–Kier alpha value is -4.18. The summed E-state index contributed by atoms with van der Waals surface area (Å²) < 4.78 is 26.3. The van der Waals surface area contributed by atoms with E-state index >= 15 is 0 Å². The summed E-state index contributed by atoms with van der Waals surface area (Å²) in [6, 6.07) is 21.2. The van der Waals surface area contributed by atoms with Crippen LogP contribution in [0.3, 0.4) is 0 Å². The van der Waals surface area contributed by atoms with Crippen molar-refractivity contribution in [2.24, 2.45) is 5.10 Å². The lowest BCUT2D eigenvalue weighted by Gasteiger charge is -2.12. The van der Waals surface area contributed by atoms with Crippen molar-refractivity contribution in [2.75, 3.05) is 20.0 Å². The van der Waals surface area contributed by atoms with Crippen LogP contribution in [0.5, 0.6) is 11.5 Å². The van der Waals surface area contributed by atoms with Gasteiger partial charge in [0.05, 0.1) is 26.2 Å². The fourth-order valence-electron chi connectivity index (χ4n) is 3.25. The van der Waals surface area contributed by atoms with Gasteiger partial charge in [0, 0.05) is 16.8 Å². The van der Waals surface area contributed by atoms with E-state index in [0.29, 0.717) is 22.5 Å². The van der Waals surface area contributed by atoms with Gasteiger partial charge in [0.25, 0.3) is 5.91 Å². The zero-order chi connectivity index (χ0) is 24.6. The van der Waals surface area contributed by atoms with E-state index in [1.54, 1.807) is 38.5 Å². The van der Waals surface area contributed by atoms with E-state index in [0.717, 1.165) is 11.3 Å². The van der Waals surface area contributed by atoms with Gasteiger partial charge in [0.15, 0.2) is 22.5 Å². The zero-order valence-corrected chi connectivity index (χ0v) is 19.8. The highest BCUT2D eigenvalue weighted by atomic mass is 32.2. The van der Waals surface area contributed by atoms with Crippen LogP contribution in [0, 0.1) is 5.82 Å². The van der Waals surface area contributed by atoms with E-state index in [1.165, 1.54) is 24.0 Å². The van der Waals surface area contributed by atoms with Gasteiger partial charge in [-0.05, 0) is 36.4 Å². The van der Waals surface area contributed by atoms with Gasteiger partial charge in [-0.1, -0.05) is 48.2 Å². The molecule has 178 valence electrons. The molecule has 1 N–H and O–H groups in total. The number of hydrazone groups is 1. The number of hydrogen-bond donors (Lipinski definition) is 1. The van der Waals surface area contributed by atoms with Gasteiger partial charge in [-0.3, -0.25) is 9.36 Å². The molecule has 0 spiro atoms. The lowest BCUT2D eigenvalue weighted by atomic mass is 10.2. The highest BCUT2D eigenvalue weighted by Gasteiger charge is 2.18. The number of benzene rings is 3. The Morgan fingerprint density at radius 2 is 1.77 bits per heavy atom. The van der Waals surface area contributed by atoms with E-state index in [1.807, 2.05) is 47.0 Å². The summed E-state index contributed by atoms with van der Waals surface area (Å²) in [5.41, 5.74) is 4.29. The molecule has 1 heterocycles. The number of para-hydroxylation sites is 1. The van der Waals surface area contributed by atoms with Crippen molar-refractivity contribution in [2.45, 2.75) is 5.16 Å². The first-order valence-electron chi connectivity index (χ1n) is 10.5. The fraction of sp³-hybridized carbons (Fsp3) is 0.120. The molecular weight excluding hydrogens is 469 g/mol. The molecule has 35 heavy (non-hydrogen) atoms. The molecule has 0 atom stereocenters. The lowest BCUT2D eigenvalue weighted by molar-refractivity contribution is -0.118. The van der Waals surface area contributed by atoms with E-state index in [4.69, 9.17) is 9.47 Å². The smallest absolute Gasteiger partial charge is 0.250 e. The number of rotatable bonds is 9. The van der Waals surface area contributed by atoms with Crippen molar-refractivity contribution >= 4 is 23.9 Å². The molecule has 0 aliphatic heterocycles. The second-order valence-corrected chi connectivity index (χ2v) is 8.09. The van der Waals surface area contributed by atoms with Crippen LogP contribution >= 0.6 is 11.8 Å². The second kappa shape index (κ2) is 11.3. The highest BCUT2D eigenvalue weighted by Crippen LogP contribution is 2.34. The first kappa shape index (κ1) is 24.0. The fourth-order valence-corrected chi connectivity index (χ4v) is 4.00. The Bertz CT molecular complexity index is 1340. The number of nitrogens with one attached hydrogen (secondary N) is 1. The summed E-state index contributed by atoms with van der Waals surface area (Å²) in [6.45, 7) is 0. The summed E-state index contributed by atoms with van der Waals surface area (Å²) in [7, 11) is 3.14. The highest BCUT2D eigenvalue weighted by molar-refractivity contribution is 7.99. The molecule has 4 aromatic rings. The Kier molecular flexibility index (Phi) is 7.74. The molecule has 0 unspecified atom stereocenters. The molecule has 8 nitrogen and oxygen atoms in total. The van der Waals surface area contributed by atoms with Crippen molar-refractivity contribution < 1.29 is 18.7 Å². The minimum Gasteiger partial charge on any atom is -0.493 e. The predicted molar refractivity (Wildman–Crippen MR) is 133 cm³/mol. The van der Waals surface area contributed by atoms with Crippen LogP contribution in [-0.4, -0.2) is 46.9 Å². The number of methoxy groups -OCH3 is 2. The Morgan fingerprint density at radius 1 is 1.03 bits per heavy atom. The normalized spacial score (nSPS) is 10.9. The quantitative estimate of drug-likeness (QED) is 0.213. The number of carbonyl (C=O) groups excluding carboxylic acids is 1. The van der Waals surface area contributed by atoms with Crippen molar-refractivity contribution in [3.05, 3.63) is 84.2 Å². The average molecular weight is 492 g/mol. The second-order valence-electron chi connectivity index (χ2n) is 7.15. The SMILES string of the molecule is COc1ccc(-c2nnc(SCC(=O)N/N=C\c3ccccc3F)n2-c2ccccc2)cc1OC. The van der Waals surface area contributed by atoms with Crippen molar-refractivity contribution in [1.82, 2.24) is 20.2 Å². The van der Waals surface area contributed by atoms with Gasteiger partial charge in [-0.2, -0.15) is 5.10 Å². The molecule has 0 radical (unpaired) electrons. The molecule has 0 aliphatic rings. The van der Waals surface area contributed by atoms with Crippen LogP contribution in [0.4, 0.5) is 4.39 Å². The van der Waals surface area contributed by atoms with Crippen LogP contribution in [-0.2, 0) is 4.79 Å². The van der Waals surface area contributed by atoms with Crippen molar-refractivity contribution in [3.8, 4) is 28.6 Å². The number of halogens is 1. The molecule has 4 rings (SSSR count). The van der Waals surface area contributed by atoms with E-state index in [-0.39, 0.29) is 17.2 Å². The Labute approximate surface area is 205 Å². The maximum absolute atomic E-state index is 13.7. The van der Waals surface area contributed by atoms with Crippen molar-refractivity contribution in [1.29, 1.82) is 0 Å². The number of nitrogens with zero attached hydrogens (tertiary/aromatic N) is 4. The largest absolute Gasteiger partial charge is 0.493 e. The minimum atomic E-state index is -0.418. The summed E-state index contributed by atoms with van der Waals surface area (Å²) in [6.07, 6.45) is 1.26. The molecule has 3 aromatic carbocycles. The molecule has 0 fully saturated rings. The first-order chi connectivity index (χ1) is 17.1. The first-order valence-corrected chi connectivity index (χ1v) is 11.5. The molecule has 0 aliphatic carbocycles. The van der Waals surface area contributed by atoms with Gasteiger partial charge in [-0.25, -0.2) is 9.82 Å². The summed E-state index contributed by atoms with van der Waals surface area (Å²) in [4.78, 5) is 12.3. The number of hydrogen-bond acceptors (Lipinski definition) is 7. The lowest BCUT2D eigenvalue weighted by Crippen LogP contribution is -2.20. The molecule has 0 bridgehead atoms. The maximum Gasteiger partial charge on any atom is 0.250 e. The maximum atomic E-state index is 13.7. The third kappa shape index (κ3) is 5.67. The van der Waals surface area contributed by atoms with Crippen LogP contribution in [0.15, 0.2) is 83.1 Å². The number of ether oxygens (including phenoxy) is 2. The van der Waals surface area contributed by atoms with Gasteiger partial charge < -0.3 is 9.47 Å². The molecule has 10 heteroatoms. The number of amides is 1. The van der Waals surface area contributed by atoms with Crippen molar-refractivity contribution in [3.63, 3.8) is 0 Å². The van der Waals surface area contributed by atoms with Crippen LogP contribution in [0.25, 0.3) is 17.1 Å². The molecular formula is C25H22FN5O3S. The number of thioether (sulfide) groups is 1. The Balaban J connectivity index is 1.55. The summed E-state index contributed by atoms with van der Waals surface area (Å²) in [5, 5.41) is 13.0. The molecule has 0 saturated heterocycles. The third-order valence-electron chi connectivity index (χ3n) is 4.92. The van der Waals surface area contributed by atoms with Crippen LogP contribution in [0.1, 0.15) is 5.56 Å². The Morgan fingerprint density at radius 3 is 2.51 bits per heavy atom.